The van der Waals surface area contributed by atoms with E-state index in [0.29, 0.717) is 5.41 Å². The molecule has 0 aromatic carbocycles. The first-order valence-corrected chi connectivity index (χ1v) is 5.50. The summed E-state index contributed by atoms with van der Waals surface area (Å²) in [7, 11) is 0. The number of rotatable bonds is 2. The van der Waals surface area contributed by atoms with Crippen LogP contribution >= 0.6 is 0 Å². The Morgan fingerprint density at radius 2 is 2.21 bits per heavy atom. The normalized spacial score (nSPS) is 21.5. The largest absolute Gasteiger partial charge is 0.339 e. The van der Waals surface area contributed by atoms with E-state index in [1.807, 2.05) is 17.9 Å². The fraction of sp³-hybridized carbons (Fsp3) is 0.750. The minimum atomic E-state index is 0.180. The quantitative estimate of drug-likeness (QED) is 0.620. The van der Waals surface area contributed by atoms with Crippen LogP contribution in [0.5, 0.6) is 0 Å². The Labute approximate surface area is 87.0 Å². The van der Waals surface area contributed by atoms with E-state index in [0.717, 1.165) is 25.9 Å². The highest BCUT2D eigenvalue weighted by molar-refractivity contribution is 5.87. The Kier molecular flexibility index (Phi) is 3.73. The number of hydrogen-bond donors (Lipinski definition) is 0. The van der Waals surface area contributed by atoms with Gasteiger partial charge in [-0.1, -0.05) is 26.8 Å². The van der Waals surface area contributed by atoms with Gasteiger partial charge >= 0.3 is 0 Å². The van der Waals surface area contributed by atoms with E-state index in [9.17, 15) is 4.79 Å². The maximum Gasteiger partial charge on any atom is 0.246 e. The first-order valence-electron chi connectivity index (χ1n) is 5.50. The Bertz CT molecular complexity index is 230. The zero-order valence-electron chi connectivity index (χ0n) is 9.55. The van der Waals surface area contributed by atoms with Crippen LogP contribution in [0.4, 0.5) is 0 Å². The van der Waals surface area contributed by atoms with Crippen molar-refractivity contribution in [2.75, 3.05) is 13.1 Å². The summed E-state index contributed by atoms with van der Waals surface area (Å²) in [6.07, 6.45) is 6.95. The second-order valence-corrected chi connectivity index (χ2v) is 4.84. The first-order chi connectivity index (χ1) is 6.55. The van der Waals surface area contributed by atoms with E-state index in [-0.39, 0.29) is 5.91 Å². The summed E-state index contributed by atoms with van der Waals surface area (Å²) < 4.78 is 0. The molecule has 0 unspecified atom stereocenters. The third kappa shape index (κ3) is 3.17. The number of piperidine rings is 1. The maximum atomic E-state index is 11.7. The molecule has 2 nitrogen and oxygen atoms in total. The molecule has 1 rings (SSSR count). The van der Waals surface area contributed by atoms with Crippen molar-refractivity contribution in [3.05, 3.63) is 12.2 Å². The molecule has 0 aliphatic carbocycles. The Morgan fingerprint density at radius 3 is 2.79 bits per heavy atom. The third-order valence-electron chi connectivity index (χ3n) is 2.71. The lowest BCUT2D eigenvalue weighted by atomic mass is 9.84. The number of likely N-dealkylation sites (tertiary alicyclic amines) is 1. The molecule has 0 radical (unpaired) electrons. The molecule has 0 saturated carbocycles. The molecule has 0 aromatic rings. The van der Waals surface area contributed by atoms with E-state index in [1.54, 1.807) is 6.08 Å². The Morgan fingerprint density at radius 1 is 1.50 bits per heavy atom. The van der Waals surface area contributed by atoms with Gasteiger partial charge in [0.25, 0.3) is 0 Å². The summed E-state index contributed by atoms with van der Waals surface area (Å²) >= 11 is 0. The monoisotopic (exact) mass is 195 g/mol. The molecule has 1 saturated heterocycles. The van der Waals surface area contributed by atoms with Gasteiger partial charge in [0.05, 0.1) is 0 Å². The number of nitrogens with zero attached hydrogens (tertiary/aromatic N) is 1. The highest BCUT2D eigenvalue weighted by atomic mass is 16.2. The SMILES string of the molecule is CC/C=C/C(=O)N1CCCC(C)(C)C1. The van der Waals surface area contributed by atoms with Crippen LogP contribution in [0.25, 0.3) is 0 Å². The van der Waals surface area contributed by atoms with E-state index in [4.69, 9.17) is 0 Å². The average Bonchev–Trinajstić information content (AvgIpc) is 2.12. The predicted molar refractivity (Wildman–Crippen MR) is 59.0 cm³/mol. The fourth-order valence-electron chi connectivity index (χ4n) is 1.94. The Balaban J connectivity index is 2.52. The van der Waals surface area contributed by atoms with Crippen LogP contribution in [0.15, 0.2) is 12.2 Å². The summed E-state index contributed by atoms with van der Waals surface area (Å²) in [5.74, 6) is 0.180. The molecule has 0 atom stereocenters. The molecule has 14 heavy (non-hydrogen) atoms. The molecule has 2 heteroatoms. The molecule has 1 aliphatic rings. The molecule has 1 fully saturated rings. The number of carbonyl (C=O) groups is 1. The van der Waals surface area contributed by atoms with Crippen molar-refractivity contribution in [2.24, 2.45) is 5.41 Å². The molecule has 0 bridgehead atoms. The second kappa shape index (κ2) is 4.63. The lowest BCUT2D eigenvalue weighted by Gasteiger charge is -2.37. The molecular formula is C12H21NO. The molecule has 0 N–H and O–H groups in total. The molecule has 1 aliphatic heterocycles. The molecule has 0 spiro atoms. The Hall–Kier alpha value is -0.790. The van der Waals surface area contributed by atoms with Gasteiger partial charge in [0.1, 0.15) is 0 Å². The lowest BCUT2D eigenvalue weighted by Crippen LogP contribution is -2.42. The van der Waals surface area contributed by atoms with Gasteiger partial charge in [-0.2, -0.15) is 0 Å². The van der Waals surface area contributed by atoms with E-state index < -0.39 is 0 Å². The van der Waals surface area contributed by atoms with Gasteiger partial charge in [-0.25, -0.2) is 0 Å². The van der Waals surface area contributed by atoms with Crippen molar-refractivity contribution < 1.29 is 4.79 Å². The van der Waals surface area contributed by atoms with Gasteiger partial charge < -0.3 is 4.90 Å². The van der Waals surface area contributed by atoms with Crippen LogP contribution in [-0.4, -0.2) is 23.9 Å². The van der Waals surface area contributed by atoms with Crippen molar-refractivity contribution in [2.45, 2.75) is 40.0 Å². The van der Waals surface area contributed by atoms with E-state index in [2.05, 4.69) is 13.8 Å². The van der Waals surface area contributed by atoms with E-state index >= 15 is 0 Å². The van der Waals surface area contributed by atoms with Crippen molar-refractivity contribution in [3.63, 3.8) is 0 Å². The number of allylic oxidation sites excluding steroid dienone is 1. The van der Waals surface area contributed by atoms with Gasteiger partial charge in [-0.3, -0.25) is 4.79 Å². The topological polar surface area (TPSA) is 20.3 Å². The molecular weight excluding hydrogens is 174 g/mol. The maximum absolute atomic E-state index is 11.7. The standard InChI is InChI=1S/C12H21NO/c1-4-5-7-11(14)13-9-6-8-12(2,3)10-13/h5,7H,4,6,8-10H2,1-3H3/b7-5+. The van der Waals surface area contributed by atoms with Crippen LogP contribution in [0, 0.1) is 5.41 Å². The fourth-order valence-corrected chi connectivity index (χ4v) is 1.94. The minimum absolute atomic E-state index is 0.180. The molecule has 1 amide bonds. The lowest BCUT2D eigenvalue weighted by molar-refractivity contribution is -0.128. The summed E-state index contributed by atoms with van der Waals surface area (Å²) in [5.41, 5.74) is 0.300. The second-order valence-electron chi connectivity index (χ2n) is 4.84. The third-order valence-corrected chi connectivity index (χ3v) is 2.71. The number of carbonyl (C=O) groups excluding carboxylic acids is 1. The van der Waals surface area contributed by atoms with Crippen LogP contribution in [0.3, 0.4) is 0 Å². The summed E-state index contributed by atoms with van der Waals surface area (Å²) in [5, 5.41) is 0. The van der Waals surface area contributed by atoms with Gasteiger partial charge in [0.2, 0.25) is 5.91 Å². The van der Waals surface area contributed by atoms with Crippen molar-refractivity contribution in [3.8, 4) is 0 Å². The van der Waals surface area contributed by atoms with Gasteiger partial charge in [0, 0.05) is 13.1 Å². The highest BCUT2D eigenvalue weighted by Crippen LogP contribution is 2.28. The summed E-state index contributed by atoms with van der Waals surface area (Å²) in [4.78, 5) is 13.7. The molecule has 80 valence electrons. The number of amides is 1. The van der Waals surface area contributed by atoms with Crippen molar-refractivity contribution >= 4 is 5.91 Å². The first kappa shape index (κ1) is 11.3. The predicted octanol–water partition coefficient (Wildman–Crippen LogP) is 2.60. The number of hydrogen-bond acceptors (Lipinski definition) is 1. The van der Waals surface area contributed by atoms with E-state index in [1.165, 1.54) is 6.42 Å². The van der Waals surface area contributed by atoms with Gasteiger partial charge in [-0.05, 0) is 30.8 Å². The minimum Gasteiger partial charge on any atom is -0.339 e. The van der Waals surface area contributed by atoms with Crippen LogP contribution in [0.1, 0.15) is 40.0 Å². The van der Waals surface area contributed by atoms with Crippen molar-refractivity contribution in [1.29, 1.82) is 0 Å². The smallest absolute Gasteiger partial charge is 0.246 e. The molecule has 0 aromatic heterocycles. The van der Waals surface area contributed by atoms with Crippen LogP contribution in [0.2, 0.25) is 0 Å². The van der Waals surface area contributed by atoms with Crippen LogP contribution in [-0.2, 0) is 4.79 Å². The zero-order chi connectivity index (χ0) is 10.6. The van der Waals surface area contributed by atoms with Gasteiger partial charge in [-0.15, -0.1) is 0 Å². The van der Waals surface area contributed by atoms with Gasteiger partial charge in [0.15, 0.2) is 0 Å². The highest BCUT2D eigenvalue weighted by Gasteiger charge is 2.27. The summed E-state index contributed by atoms with van der Waals surface area (Å²) in [6.45, 7) is 8.34. The molecule has 1 heterocycles. The zero-order valence-corrected chi connectivity index (χ0v) is 9.55. The summed E-state index contributed by atoms with van der Waals surface area (Å²) in [6, 6.07) is 0. The average molecular weight is 195 g/mol. The van der Waals surface area contributed by atoms with Crippen molar-refractivity contribution in [1.82, 2.24) is 4.90 Å². The van der Waals surface area contributed by atoms with Crippen LogP contribution < -0.4 is 0 Å².